The van der Waals surface area contributed by atoms with Crippen LogP contribution in [0.5, 0.6) is 0 Å². The molecule has 27 heavy (non-hydrogen) atoms. The molecule has 3 rings (SSSR count). The van der Waals surface area contributed by atoms with Crippen molar-refractivity contribution < 1.29 is 9.84 Å². The van der Waals surface area contributed by atoms with Gasteiger partial charge in [-0.1, -0.05) is 30.3 Å². The molecule has 0 unspecified atom stereocenters. The number of fused-ring (bicyclic) bond motifs is 1. The number of hydrogen-bond donors (Lipinski definition) is 1. The molecule has 0 spiro atoms. The lowest BCUT2D eigenvalue weighted by molar-refractivity contribution is 0.136. The summed E-state index contributed by atoms with van der Waals surface area (Å²) in [7, 11) is 0. The van der Waals surface area contributed by atoms with E-state index in [0.717, 1.165) is 20.6 Å². The molecule has 0 aliphatic rings. The summed E-state index contributed by atoms with van der Waals surface area (Å²) < 4.78 is 8.32. The molecule has 144 valence electrons. The van der Waals surface area contributed by atoms with Crippen LogP contribution in [0.15, 0.2) is 39.9 Å². The molecule has 1 N–H and O–H groups in total. The quantitative estimate of drug-likeness (QED) is 0.643. The Hall–Kier alpha value is -2.22. The van der Waals surface area contributed by atoms with Gasteiger partial charge in [-0.05, 0) is 31.4 Å². The molecular weight excluding hydrogens is 364 g/mol. The first-order valence-electron chi connectivity index (χ1n) is 9.06. The Morgan fingerprint density at radius 3 is 2.52 bits per heavy atom. The SMILES string of the molecule is CCOCc1sc2c(c1C)c(=O)n(CCO)c(=O)n2CCc1ccccc1. The Labute approximate surface area is 161 Å². The van der Waals surface area contributed by atoms with E-state index in [2.05, 4.69) is 0 Å². The lowest BCUT2D eigenvalue weighted by atomic mass is 10.1. The Morgan fingerprint density at radius 1 is 1.11 bits per heavy atom. The van der Waals surface area contributed by atoms with Crippen LogP contribution < -0.4 is 11.2 Å². The number of rotatable bonds is 8. The predicted molar refractivity (Wildman–Crippen MR) is 108 cm³/mol. The third kappa shape index (κ3) is 3.90. The van der Waals surface area contributed by atoms with Crippen molar-refractivity contribution in [3.63, 3.8) is 0 Å². The largest absolute Gasteiger partial charge is 0.395 e. The highest BCUT2D eigenvalue weighted by molar-refractivity contribution is 7.18. The molecule has 0 radical (unpaired) electrons. The van der Waals surface area contributed by atoms with Crippen LogP contribution in [0.1, 0.15) is 22.9 Å². The van der Waals surface area contributed by atoms with Crippen LogP contribution in [0.4, 0.5) is 0 Å². The van der Waals surface area contributed by atoms with Crippen molar-refractivity contribution in [3.05, 3.63) is 67.2 Å². The average molecular weight is 388 g/mol. The van der Waals surface area contributed by atoms with Gasteiger partial charge in [0.25, 0.3) is 5.56 Å². The van der Waals surface area contributed by atoms with E-state index in [0.29, 0.717) is 36.4 Å². The fourth-order valence-electron chi connectivity index (χ4n) is 3.15. The van der Waals surface area contributed by atoms with E-state index in [4.69, 9.17) is 4.74 Å². The highest BCUT2D eigenvalue weighted by Crippen LogP contribution is 2.28. The molecule has 3 aromatic rings. The molecule has 7 heteroatoms. The fraction of sp³-hybridized carbons (Fsp3) is 0.400. The lowest BCUT2D eigenvalue weighted by Gasteiger charge is -2.11. The number of aromatic nitrogens is 2. The van der Waals surface area contributed by atoms with Crippen LogP contribution >= 0.6 is 11.3 Å². The van der Waals surface area contributed by atoms with Crippen molar-refractivity contribution in [1.29, 1.82) is 0 Å². The number of aliphatic hydroxyl groups is 1. The number of nitrogens with zero attached hydrogens (tertiary/aromatic N) is 2. The number of thiophene rings is 1. The predicted octanol–water partition coefficient (Wildman–Crippen LogP) is 2.30. The van der Waals surface area contributed by atoms with Gasteiger partial charge in [0.1, 0.15) is 4.83 Å². The number of aryl methyl sites for hydroxylation is 3. The van der Waals surface area contributed by atoms with Crippen molar-refractivity contribution in [3.8, 4) is 0 Å². The van der Waals surface area contributed by atoms with Gasteiger partial charge in [0.2, 0.25) is 0 Å². The average Bonchev–Trinajstić information content (AvgIpc) is 3.00. The summed E-state index contributed by atoms with van der Waals surface area (Å²) in [5, 5.41) is 9.86. The van der Waals surface area contributed by atoms with E-state index in [1.165, 1.54) is 11.3 Å². The van der Waals surface area contributed by atoms with Crippen molar-refractivity contribution >= 4 is 21.6 Å². The minimum atomic E-state index is -0.373. The van der Waals surface area contributed by atoms with Gasteiger partial charge in [-0.15, -0.1) is 11.3 Å². The molecule has 0 saturated carbocycles. The number of ether oxygens (including phenoxy) is 1. The van der Waals surface area contributed by atoms with Crippen LogP contribution in [-0.2, 0) is 30.9 Å². The number of aliphatic hydroxyl groups excluding tert-OH is 1. The normalized spacial score (nSPS) is 11.4. The first kappa shape index (κ1) is 19.5. The second-order valence-corrected chi connectivity index (χ2v) is 7.40. The van der Waals surface area contributed by atoms with Gasteiger partial charge in [-0.25, -0.2) is 4.79 Å². The molecule has 0 fully saturated rings. The van der Waals surface area contributed by atoms with Gasteiger partial charge in [0, 0.05) is 18.0 Å². The van der Waals surface area contributed by atoms with E-state index in [-0.39, 0.29) is 24.4 Å². The van der Waals surface area contributed by atoms with Crippen molar-refractivity contribution in [2.75, 3.05) is 13.2 Å². The third-order valence-corrected chi connectivity index (χ3v) is 5.91. The molecule has 0 bridgehead atoms. The van der Waals surface area contributed by atoms with Crippen LogP contribution in [0.3, 0.4) is 0 Å². The maximum Gasteiger partial charge on any atom is 0.332 e. The van der Waals surface area contributed by atoms with Gasteiger partial charge in [0.15, 0.2) is 0 Å². The van der Waals surface area contributed by atoms with E-state index in [9.17, 15) is 14.7 Å². The summed E-state index contributed by atoms with van der Waals surface area (Å²) in [5.74, 6) is 0. The monoisotopic (exact) mass is 388 g/mol. The minimum Gasteiger partial charge on any atom is -0.395 e. The Morgan fingerprint density at radius 2 is 1.85 bits per heavy atom. The van der Waals surface area contributed by atoms with Crippen LogP contribution in [-0.4, -0.2) is 27.5 Å². The van der Waals surface area contributed by atoms with E-state index >= 15 is 0 Å². The first-order chi connectivity index (χ1) is 13.1. The van der Waals surface area contributed by atoms with Crippen LogP contribution in [0, 0.1) is 6.92 Å². The maximum absolute atomic E-state index is 12.9. The molecule has 0 aliphatic carbocycles. The standard InChI is InChI=1S/C20H24N2O4S/c1-3-26-13-16-14(2)17-18(24)21(11-12-23)20(25)22(19(17)27-16)10-9-15-7-5-4-6-8-15/h4-8,23H,3,9-13H2,1-2H3. The Kier molecular flexibility index (Phi) is 6.26. The van der Waals surface area contributed by atoms with Crippen molar-refractivity contribution in [2.45, 2.75) is 40.0 Å². The van der Waals surface area contributed by atoms with Gasteiger partial charge in [-0.3, -0.25) is 13.9 Å². The highest BCUT2D eigenvalue weighted by Gasteiger charge is 2.19. The van der Waals surface area contributed by atoms with Gasteiger partial charge in [0.05, 0.1) is 25.1 Å². The smallest absolute Gasteiger partial charge is 0.332 e. The van der Waals surface area contributed by atoms with Crippen LogP contribution in [0.25, 0.3) is 10.2 Å². The van der Waals surface area contributed by atoms with E-state index in [1.54, 1.807) is 4.57 Å². The molecule has 0 amide bonds. The third-order valence-electron chi connectivity index (χ3n) is 4.62. The second-order valence-electron chi connectivity index (χ2n) is 6.32. The topological polar surface area (TPSA) is 73.5 Å². The Bertz CT molecular complexity index is 1030. The number of hydrogen-bond acceptors (Lipinski definition) is 5. The molecule has 0 aliphatic heterocycles. The zero-order valence-corrected chi connectivity index (χ0v) is 16.4. The molecular formula is C20H24N2O4S. The summed E-state index contributed by atoms with van der Waals surface area (Å²) >= 11 is 1.44. The summed E-state index contributed by atoms with van der Waals surface area (Å²) in [6.07, 6.45) is 0.685. The summed E-state index contributed by atoms with van der Waals surface area (Å²) in [6, 6.07) is 9.93. The number of benzene rings is 1. The fourth-order valence-corrected chi connectivity index (χ4v) is 4.41. The zero-order valence-electron chi connectivity index (χ0n) is 15.6. The van der Waals surface area contributed by atoms with Gasteiger partial charge in [-0.2, -0.15) is 0 Å². The lowest BCUT2D eigenvalue weighted by Crippen LogP contribution is -2.40. The molecule has 0 atom stereocenters. The highest BCUT2D eigenvalue weighted by atomic mass is 32.1. The summed E-state index contributed by atoms with van der Waals surface area (Å²) in [5.41, 5.74) is 1.27. The molecule has 0 saturated heterocycles. The van der Waals surface area contributed by atoms with Crippen molar-refractivity contribution in [1.82, 2.24) is 9.13 Å². The Balaban J connectivity index is 2.14. The van der Waals surface area contributed by atoms with Gasteiger partial charge >= 0.3 is 5.69 Å². The summed E-state index contributed by atoms with van der Waals surface area (Å²) in [4.78, 5) is 27.5. The zero-order chi connectivity index (χ0) is 19.4. The van der Waals surface area contributed by atoms with Crippen LogP contribution in [0.2, 0.25) is 0 Å². The minimum absolute atomic E-state index is 0.00494. The molecule has 1 aromatic carbocycles. The second kappa shape index (κ2) is 8.65. The first-order valence-corrected chi connectivity index (χ1v) is 9.88. The van der Waals surface area contributed by atoms with Crippen molar-refractivity contribution in [2.24, 2.45) is 0 Å². The summed E-state index contributed by atoms with van der Waals surface area (Å²) in [6.45, 7) is 5.04. The molecule has 6 nitrogen and oxygen atoms in total. The maximum atomic E-state index is 12.9. The molecule has 2 aromatic heterocycles. The van der Waals surface area contributed by atoms with E-state index < -0.39 is 0 Å². The van der Waals surface area contributed by atoms with Gasteiger partial charge < -0.3 is 9.84 Å². The van der Waals surface area contributed by atoms with E-state index in [1.807, 2.05) is 44.2 Å². The molecule has 2 heterocycles.